The van der Waals surface area contributed by atoms with Gasteiger partial charge in [-0.2, -0.15) is 0 Å². The second kappa shape index (κ2) is 7.07. The van der Waals surface area contributed by atoms with Gasteiger partial charge in [-0.25, -0.2) is 0 Å². The maximum Gasteiger partial charge on any atom is 0.317 e. The molecule has 19 heavy (non-hydrogen) atoms. The van der Waals surface area contributed by atoms with Gasteiger partial charge >= 0.3 is 11.9 Å². The summed E-state index contributed by atoms with van der Waals surface area (Å²) in [5.41, 5.74) is 0.457. The molecule has 8 heteroatoms. The highest BCUT2D eigenvalue weighted by Gasteiger charge is 2.16. The monoisotopic (exact) mass is 267 g/mol. The second-order valence-electron chi connectivity index (χ2n) is 3.72. The van der Waals surface area contributed by atoms with Gasteiger partial charge < -0.3 is 15.5 Å². The number of anilines is 1. The molecule has 8 nitrogen and oxygen atoms in total. The van der Waals surface area contributed by atoms with Gasteiger partial charge in [-0.15, -0.1) is 0 Å². The van der Waals surface area contributed by atoms with Crippen molar-refractivity contribution in [3.05, 3.63) is 24.5 Å². The molecular weight excluding hydrogens is 254 g/mol. The lowest BCUT2D eigenvalue weighted by atomic mass is 10.4. The fourth-order valence-electron chi connectivity index (χ4n) is 1.39. The largest absolute Gasteiger partial charge is 0.480 e. The molecule has 0 spiro atoms. The minimum absolute atomic E-state index is 0.326. The molecule has 1 heterocycles. The standard InChI is InChI=1S/C11H13N3O5/c15-9(13-8-2-1-3-12-4-8)5-14(6-10(16)17)7-11(18)19/h1-4H,5-7H2,(H,13,15)(H,16,17)(H,18,19). The molecule has 0 aliphatic heterocycles. The van der Waals surface area contributed by atoms with E-state index >= 15 is 0 Å². The van der Waals surface area contributed by atoms with E-state index in [9.17, 15) is 14.4 Å². The van der Waals surface area contributed by atoms with Crippen LogP contribution in [0.4, 0.5) is 5.69 Å². The zero-order chi connectivity index (χ0) is 14.3. The fourth-order valence-corrected chi connectivity index (χ4v) is 1.39. The lowest BCUT2D eigenvalue weighted by molar-refractivity contribution is -0.142. The number of nitrogens with one attached hydrogen (secondary N) is 1. The second-order valence-corrected chi connectivity index (χ2v) is 3.72. The van der Waals surface area contributed by atoms with Crippen molar-refractivity contribution in [2.24, 2.45) is 0 Å². The molecule has 0 saturated heterocycles. The Hall–Kier alpha value is -2.48. The lowest BCUT2D eigenvalue weighted by Gasteiger charge is -2.17. The van der Waals surface area contributed by atoms with Gasteiger partial charge in [0, 0.05) is 6.20 Å². The normalized spacial score (nSPS) is 10.2. The van der Waals surface area contributed by atoms with E-state index in [0.717, 1.165) is 4.90 Å². The Balaban J connectivity index is 2.55. The number of aromatic nitrogens is 1. The van der Waals surface area contributed by atoms with Crippen LogP contribution >= 0.6 is 0 Å². The smallest absolute Gasteiger partial charge is 0.317 e. The van der Waals surface area contributed by atoms with Crippen molar-refractivity contribution in [1.82, 2.24) is 9.88 Å². The molecule has 0 aromatic carbocycles. The summed E-state index contributed by atoms with van der Waals surface area (Å²) in [4.78, 5) is 37.5. The van der Waals surface area contributed by atoms with Gasteiger partial charge in [0.15, 0.2) is 0 Å². The first-order valence-electron chi connectivity index (χ1n) is 5.33. The molecular formula is C11H13N3O5. The molecule has 102 valence electrons. The number of rotatable bonds is 7. The average molecular weight is 267 g/mol. The first-order valence-corrected chi connectivity index (χ1v) is 5.33. The minimum atomic E-state index is -1.20. The van der Waals surface area contributed by atoms with Crippen LogP contribution in [0.3, 0.4) is 0 Å². The van der Waals surface area contributed by atoms with Crippen LogP contribution in [-0.2, 0) is 14.4 Å². The molecule has 1 rings (SSSR count). The summed E-state index contributed by atoms with van der Waals surface area (Å²) in [5.74, 6) is -2.90. The van der Waals surface area contributed by atoms with Crippen molar-refractivity contribution in [3.8, 4) is 0 Å². The number of carboxylic acid groups (broad SMARTS) is 2. The quantitative estimate of drug-likeness (QED) is 0.608. The molecule has 0 unspecified atom stereocenters. The van der Waals surface area contributed by atoms with Crippen molar-refractivity contribution in [2.45, 2.75) is 0 Å². The Kier molecular flexibility index (Phi) is 5.42. The summed E-state index contributed by atoms with van der Waals surface area (Å²) in [6.07, 6.45) is 2.97. The molecule has 1 amide bonds. The molecule has 3 N–H and O–H groups in total. The molecule has 0 atom stereocenters. The summed E-state index contributed by atoms with van der Waals surface area (Å²) in [6, 6.07) is 3.24. The van der Waals surface area contributed by atoms with Gasteiger partial charge in [0.2, 0.25) is 5.91 Å². The van der Waals surface area contributed by atoms with E-state index in [2.05, 4.69) is 10.3 Å². The van der Waals surface area contributed by atoms with Crippen LogP contribution in [0.25, 0.3) is 0 Å². The van der Waals surface area contributed by atoms with Crippen LogP contribution in [0.5, 0.6) is 0 Å². The first-order chi connectivity index (χ1) is 8.97. The van der Waals surface area contributed by atoms with E-state index in [1.165, 1.54) is 12.4 Å². The molecule has 1 aromatic rings. The molecule has 0 radical (unpaired) electrons. The molecule has 0 fully saturated rings. The summed E-state index contributed by atoms with van der Waals surface area (Å²) in [7, 11) is 0. The van der Waals surface area contributed by atoms with E-state index in [0.29, 0.717) is 5.69 Å². The van der Waals surface area contributed by atoms with Gasteiger partial charge in [0.1, 0.15) is 0 Å². The number of amides is 1. The molecule has 0 bridgehead atoms. The van der Waals surface area contributed by atoms with Gasteiger partial charge in [0.25, 0.3) is 0 Å². The number of pyridine rings is 1. The Labute approximate surface area is 108 Å². The van der Waals surface area contributed by atoms with Crippen LogP contribution in [0.2, 0.25) is 0 Å². The summed E-state index contributed by atoms with van der Waals surface area (Å²) in [6.45, 7) is -1.37. The predicted molar refractivity (Wildman–Crippen MR) is 64.6 cm³/mol. The number of nitrogens with zero attached hydrogens (tertiary/aromatic N) is 2. The SMILES string of the molecule is O=C(O)CN(CC(=O)O)CC(=O)Nc1cccnc1. The molecule has 0 saturated carbocycles. The highest BCUT2D eigenvalue weighted by molar-refractivity contribution is 5.92. The van der Waals surface area contributed by atoms with E-state index in [1.54, 1.807) is 12.1 Å². The van der Waals surface area contributed by atoms with Crippen LogP contribution in [0.15, 0.2) is 24.5 Å². The van der Waals surface area contributed by atoms with E-state index < -0.39 is 30.9 Å². The highest BCUT2D eigenvalue weighted by atomic mass is 16.4. The number of hydrogen-bond acceptors (Lipinski definition) is 5. The molecule has 0 aliphatic carbocycles. The Morgan fingerprint density at radius 1 is 1.16 bits per heavy atom. The zero-order valence-electron chi connectivity index (χ0n) is 9.94. The van der Waals surface area contributed by atoms with Crippen molar-refractivity contribution >= 4 is 23.5 Å². The lowest BCUT2D eigenvalue weighted by Crippen LogP contribution is -2.40. The highest BCUT2D eigenvalue weighted by Crippen LogP contribution is 2.02. The fraction of sp³-hybridized carbons (Fsp3) is 0.273. The van der Waals surface area contributed by atoms with E-state index in [-0.39, 0.29) is 6.54 Å². The van der Waals surface area contributed by atoms with Crippen molar-refractivity contribution < 1.29 is 24.6 Å². The van der Waals surface area contributed by atoms with Gasteiger partial charge in [0.05, 0.1) is 31.5 Å². The topological polar surface area (TPSA) is 120 Å². The third-order valence-electron chi connectivity index (χ3n) is 2.03. The van der Waals surface area contributed by atoms with Gasteiger partial charge in [-0.1, -0.05) is 0 Å². The van der Waals surface area contributed by atoms with Gasteiger partial charge in [-0.05, 0) is 12.1 Å². The number of carbonyl (C=O) groups excluding carboxylic acids is 1. The number of carbonyl (C=O) groups is 3. The maximum absolute atomic E-state index is 11.6. The van der Waals surface area contributed by atoms with Crippen LogP contribution < -0.4 is 5.32 Å². The first kappa shape index (κ1) is 14.6. The average Bonchev–Trinajstić information content (AvgIpc) is 2.27. The number of hydrogen-bond donors (Lipinski definition) is 3. The summed E-state index contributed by atoms with van der Waals surface area (Å²) < 4.78 is 0. The van der Waals surface area contributed by atoms with E-state index in [1.807, 2.05) is 0 Å². The van der Waals surface area contributed by atoms with Crippen molar-refractivity contribution in [1.29, 1.82) is 0 Å². The van der Waals surface area contributed by atoms with E-state index in [4.69, 9.17) is 10.2 Å². The predicted octanol–water partition coefficient (Wildman–Crippen LogP) is -0.509. The Morgan fingerprint density at radius 3 is 2.26 bits per heavy atom. The van der Waals surface area contributed by atoms with Crippen molar-refractivity contribution in [3.63, 3.8) is 0 Å². The third-order valence-corrected chi connectivity index (χ3v) is 2.03. The van der Waals surface area contributed by atoms with Crippen LogP contribution in [0.1, 0.15) is 0 Å². The zero-order valence-corrected chi connectivity index (χ0v) is 9.94. The summed E-state index contributed by atoms with van der Waals surface area (Å²) >= 11 is 0. The van der Waals surface area contributed by atoms with Gasteiger partial charge in [-0.3, -0.25) is 24.3 Å². The van der Waals surface area contributed by atoms with Crippen LogP contribution in [-0.4, -0.2) is 57.6 Å². The number of aliphatic carboxylic acids is 2. The minimum Gasteiger partial charge on any atom is -0.480 e. The maximum atomic E-state index is 11.6. The van der Waals surface area contributed by atoms with Crippen molar-refractivity contribution in [2.75, 3.05) is 25.0 Å². The number of carboxylic acids is 2. The third kappa shape index (κ3) is 6.13. The Bertz CT molecular complexity index is 447. The van der Waals surface area contributed by atoms with Crippen LogP contribution in [0, 0.1) is 0 Å². The Morgan fingerprint density at radius 2 is 1.79 bits per heavy atom. The molecule has 1 aromatic heterocycles. The summed E-state index contributed by atoms with van der Waals surface area (Å²) in [5, 5.41) is 19.7. The molecule has 0 aliphatic rings.